The van der Waals surface area contributed by atoms with E-state index in [0.717, 1.165) is 6.54 Å². The van der Waals surface area contributed by atoms with Gasteiger partial charge in [-0.2, -0.15) is 0 Å². The Hall–Kier alpha value is -0.770. The first-order chi connectivity index (χ1) is 4.75. The van der Waals surface area contributed by atoms with Crippen LogP contribution in [-0.2, 0) is 4.74 Å². The Bertz CT molecular complexity index is 146. The van der Waals surface area contributed by atoms with E-state index in [1.54, 1.807) is 7.11 Å². The second kappa shape index (κ2) is 2.88. The molecule has 4 nitrogen and oxygen atoms in total. The topological polar surface area (TPSA) is 50.9 Å². The van der Waals surface area contributed by atoms with Crippen LogP contribution in [0.2, 0.25) is 0 Å². The standard InChI is InChI=1S/C6H13N3O/c1-9-5(4-10-2)3-8-6(9)7/h5H,3-4H2,1-2H3,(H2,7,8). The van der Waals surface area contributed by atoms with Gasteiger partial charge in [0.1, 0.15) is 0 Å². The van der Waals surface area contributed by atoms with E-state index < -0.39 is 0 Å². The summed E-state index contributed by atoms with van der Waals surface area (Å²) < 4.78 is 4.97. The molecule has 0 saturated carbocycles. The first-order valence-electron chi connectivity index (χ1n) is 3.27. The molecule has 1 unspecified atom stereocenters. The number of rotatable bonds is 2. The average molecular weight is 143 g/mol. The highest BCUT2D eigenvalue weighted by Gasteiger charge is 2.21. The van der Waals surface area contributed by atoms with Crippen molar-refractivity contribution in [2.45, 2.75) is 6.04 Å². The molecule has 0 aromatic carbocycles. The van der Waals surface area contributed by atoms with Crippen molar-refractivity contribution in [3.05, 3.63) is 0 Å². The maximum absolute atomic E-state index is 5.52. The first-order valence-corrected chi connectivity index (χ1v) is 3.27. The van der Waals surface area contributed by atoms with Crippen molar-refractivity contribution in [3.63, 3.8) is 0 Å². The Morgan fingerprint density at radius 2 is 2.60 bits per heavy atom. The van der Waals surface area contributed by atoms with Crippen LogP contribution in [0.1, 0.15) is 0 Å². The molecule has 0 bridgehead atoms. The Morgan fingerprint density at radius 1 is 1.90 bits per heavy atom. The molecule has 1 rings (SSSR count). The predicted molar refractivity (Wildman–Crippen MR) is 39.9 cm³/mol. The molecule has 0 amide bonds. The summed E-state index contributed by atoms with van der Waals surface area (Å²) in [5.41, 5.74) is 5.52. The zero-order valence-electron chi connectivity index (χ0n) is 6.37. The van der Waals surface area contributed by atoms with E-state index in [1.807, 2.05) is 11.9 Å². The summed E-state index contributed by atoms with van der Waals surface area (Å²) in [5, 5.41) is 0. The minimum atomic E-state index is 0.338. The lowest BCUT2D eigenvalue weighted by Crippen LogP contribution is -2.39. The normalized spacial score (nSPS) is 25.2. The molecular weight excluding hydrogens is 130 g/mol. The van der Waals surface area contributed by atoms with Gasteiger partial charge >= 0.3 is 0 Å². The van der Waals surface area contributed by atoms with Gasteiger partial charge in [0.15, 0.2) is 5.96 Å². The highest BCUT2D eigenvalue weighted by atomic mass is 16.5. The van der Waals surface area contributed by atoms with Crippen LogP contribution in [0.3, 0.4) is 0 Å². The molecule has 2 N–H and O–H groups in total. The number of methoxy groups -OCH3 is 1. The maximum Gasteiger partial charge on any atom is 0.191 e. The van der Waals surface area contributed by atoms with Crippen molar-refractivity contribution in [1.82, 2.24) is 4.90 Å². The second-order valence-electron chi connectivity index (χ2n) is 2.42. The zero-order chi connectivity index (χ0) is 7.56. The molecule has 58 valence electrons. The molecule has 4 heteroatoms. The summed E-state index contributed by atoms with van der Waals surface area (Å²) in [4.78, 5) is 5.99. The third kappa shape index (κ3) is 1.21. The van der Waals surface area contributed by atoms with Crippen LogP contribution in [0.25, 0.3) is 0 Å². The molecule has 0 aromatic rings. The quantitative estimate of drug-likeness (QED) is 0.554. The number of nitrogens with zero attached hydrogens (tertiary/aromatic N) is 2. The molecule has 0 spiro atoms. The van der Waals surface area contributed by atoms with Gasteiger partial charge in [0, 0.05) is 14.2 Å². The lowest BCUT2D eigenvalue weighted by Gasteiger charge is -2.19. The number of hydrogen-bond donors (Lipinski definition) is 1. The van der Waals surface area contributed by atoms with E-state index in [2.05, 4.69) is 4.99 Å². The molecule has 0 fully saturated rings. The van der Waals surface area contributed by atoms with Crippen LogP contribution >= 0.6 is 0 Å². The predicted octanol–water partition coefficient (Wildman–Crippen LogP) is -0.738. The summed E-state index contributed by atoms with van der Waals surface area (Å²) >= 11 is 0. The van der Waals surface area contributed by atoms with E-state index in [9.17, 15) is 0 Å². The third-order valence-electron chi connectivity index (χ3n) is 1.73. The Balaban J connectivity index is 2.40. The first kappa shape index (κ1) is 7.34. The summed E-state index contributed by atoms with van der Waals surface area (Å²) in [6.07, 6.45) is 0. The van der Waals surface area contributed by atoms with E-state index in [0.29, 0.717) is 18.6 Å². The fourth-order valence-corrected chi connectivity index (χ4v) is 0.977. The molecule has 1 aliphatic heterocycles. The largest absolute Gasteiger partial charge is 0.382 e. The SMILES string of the molecule is COCC1CN=C(N)N1C. The second-order valence-corrected chi connectivity index (χ2v) is 2.42. The molecule has 1 aliphatic rings. The fourth-order valence-electron chi connectivity index (χ4n) is 0.977. The molecule has 1 heterocycles. The van der Waals surface area contributed by atoms with Crippen LogP contribution in [0.4, 0.5) is 0 Å². The number of nitrogens with two attached hydrogens (primary N) is 1. The van der Waals surface area contributed by atoms with E-state index >= 15 is 0 Å². The number of likely N-dealkylation sites (N-methyl/N-ethyl adjacent to an activating group) is 1. The highest BCUT2D eigenvalue weighted by molar-refractivity contribution is 5.79. The van der Waals surface area contributed by atoms with Crippen molar-refractivity contribution >= 4 is 5.96 Å². The van der Waals surface area contributed by atoms with Gasteiger partial charge in [0.25, 0.3) is 0 Å². The van der Waals surface area contributed by atoms with Gasteiger partial charge in [-0.15, -0.1) is 0 Å². The Labute approximate surface area is 60.7 Å². The molecule has 1 atom stereocenters. The summed E-state index contributed by atoms with van der Waals surface area (Å²) in [6.45, 7) is 1.46. The van der Waals surface area contributed by atoms with Gasteiger partial charge in [-0.05, 0) is 0 Å². The van der Waals surface area contributed by atoms with Crippen molar-refractivity contribution in [2.24, 2.45) is 10.7 Å². The fraction of sp³-hybridized carbons (Fsp3) is 0.833. The highest BCUT2D eigenvalue weighted by Crippen LogP contribution is 2.04. The summed E-state index contributed by atoms with van der Waals surface area (Å²) in [5.74, 6) is 0.613. The van der Waals surface area contributed by atoms with Crippen LogP contribution in [0.5, 0.6) is 0 Å². The molecule has 0 radical (unpaired) electrons. The minimum Gasteiger partial charge on any atom is -0.382 e. The summed E-state index contributed by atoms with van der Waals surface area (Å²) in [6, 6.07) is 0.338. The van der Waals surface area contributed by atoms with Gasteiger partial charge < -0.3 is 15.4 Å². The molecule has 0 saturated heterocycles. The number of hydrogen-bond acceptors (Lipinski definition) is 4. The number of aliphatic imine (C=N–C) groups is 1. The zero-order valence-corrected chi connectivity index (χ0v) is 6.37. The Morgan fingerprint density at radius 3 is 3.00 bits per heavy atom. The van der Waals surface area contributed by atoms with E-state index in [-0.39, 0.29) is 0 Å². The smallest absolute Gasteiger partial charge is 0.191 e. The van der Waals surface area contributed by atoms with Gasteiger partial charge in [0.2, 0.25) is 0 Å². The molecule has 0 aromatic heterocycles. The van der Waals surface area contributed by atoms with Crippen LogP contribution < -0.4 is 5.73 Å². The van der Waals surface area contributed by atoms with Gasteiger partial charge in [-0.3, -0.25) is 4.99 Å². The van der Waals surface area contributed by atoms with Crippen molar-refractivity contribution < 1.29 is 4.74 Å². The van der Waals surface area contributed by atoms with Crippen LogP contribution in [-0.4, -0.2) is 44.2 Å². The van der Waals surface area contributed by atoms with E-state index in [1.165, 1.54) is 0 Å². The average Bonchev–Trinajstić information content (AvgIpc) is 2.20. The van der Waals surface area contributed by atoms with Crippen molar-refractivity contribution in [2.75, 3.05) is 27.3 Å². The summed E-state index contributed by atoms with van der Waals surface area (Å²) in [7, 11) is 3.61. The van der Waals surface area contributed by atoms with Gasteiger partial charge in [-0.1, -0.05) is 0 Å². The van der Waals surface area contributed by atoms with E-state index in [4.69, 9.17) is 10.5 Å². The lowest BCUT2D eigenvalue weighted by atomic mass is 10.3. The monoisotopic (exact) mass is 143 g/mol. The minimum absolute atomic E-state index is 0.338. The number of guanidine groups is 1. The molecule has 10 heavy (non-hydrogen) atoms. The van der Waals surface area contributed by atoms with Crippen LogP contribution in [0.15, 0.2) is 4.99 Å². The third-order valence-corrected chi connectivity index (χ3v) is 1.73. The van der Waals surface area contributed by atoms with Gasteiger partial charge in [-0.25, -0.2) is 0 Å². The van der Waals surface area contributed by atoms with Crippen molar-refractivity contribution in [3.8, 4) is 0 Å². The molecular formula is C6H13N3O. The van der Waals surface area contributed by atoms with Gasteiger partial charge in [0.05, 0.1) is 19.2 Å². The maximum atomic E-state index is 5.52. The molecule has 0 aliphatic carbocycles. The lowest BCUT2D eigenvalue weighted by molar-refractivity contribution is 0.147. The number of ether oxygens (including phenoxy) is 1. The van der Waals surface area contributed by atoms with Crippen molar-refractivity contribution in [1.29, 1.82) is 0 Å². The van der Waals surface area contributed by atoms with Crippen LogP contribution in [0, 0.1) is 0 Å². The Kier molecular flexibility index (Phi) is 2.11.